The third kappa shape index (κ3) is 6.67. The molecule has 45 heavy (non-hydrogen) atoms. The first-order chi connectivity index (χ1) is 21.3. The van der Waals surface area contributed by atoms with Gasteiger partial charge in [-0.25, -0.2) is 0 Å². The Bertz CT molecular complexity index is 1600. The molecule has 2 amide bonds. The largest absolute Gasteiger partial charge is 0.476 e. The number of aromatic nitrogens is 1. The Labute approximate surface area is 254 Å². The van der Waals surface area contributed by atoms with Crippen molar-refractivity contribution in [2.75, 3.05) is 44.2 Å². The van der Waals surface area contributed by atoms with Crippen molar-refractivity contribution < 1.29 is 40.7 Å². The highest BCUT2D eigenvalue weighted by molar-refractivity contribution is 5.96. The molecular formula is C31H27F6N5O3. The Hall–Kier alpha value is -4.80. The number of carbonyl (C=O) groups is 2. The first kappa shape index (κ1) is 31.6. The summed E-state index contributed by atoms with van der Waals surface area (Å²) in [5.41, 5.74) is -3.42. The number of piperazine rings is 1. The number of likely N-dealkylation sites (tertiary alicyclic amines) is 1. The molecule has 5 rings (SSSR count). The van der Waals surface area contributed by atoms with Crippen LogP contribution in [0.1, 0.15) is 39.9 Å². The van der Waals surface area contributed by atoms with Crippen LogP contribution in [0.3, 0.4) is 0 Å². The van der Waals surface area contributed by atoms with E-state index in [2.05, 4.69) is 11.1 Å². The Morgan fingerprint density at radius 2 is 1.56 bits per heavy atom. The lowest BCUT2D eigenvalue weighted by molar-refractivity contribution is -0.153. The standard InChI is InChI=1S/C31H27F6N5O3/c32-30(33,34)22-6-8-23(9-7-22)45-29(28(44)41-16-14-40(15-17-41)26-5-2-1-4-21(26)18-38)11-3-13-42(20-29)27(43)24-19-39-12-10-25(24)31(35,36)37/h1-2,4-10,12,19H,3,11,13-17,20H2. The van der Waals surface area contributed by atoms with Crippen LogP contribution in [0.25, 0.3) is 0 Å². The van der Waals surface area contributed by atoms with Gasteiger partial charge in [0, 0.05) is 45.1 Å². The number of ether oxygens (including phenoxy) is 1. The molecule has 2 aromatic carbocycles. The summed E-state index contributed by atoms with van der Waals surface area (Å²) in [6.45, 7) is 0.698. The lowest BCUT2D eigenvalue weighted by Gasteiger charge is -2.45. The molecule has 0 N–H and O–H groups in total. The molecule has 1 aromatic heterocycles. The highest BCUT2D eigenvalue weighted by Crippen LogP contribution is 2.36. The summed E-state index contributed by atoms with van der Waals surface area (Å²) >= 11 is 0. The smallest absolute Gasteiger partial charge is 0.417 e. The highest BCUT2D eigenvalue weighted by Gasteiger charge is 2.49. The number of piperidine rings is 1. The lowest BCUT2D eigenvalue weighted by Crippen LogP contribution is -2.64. The number of carbonyl (C=O) groups excluding carboxylic acids is 2. The van der Waals surface area contributed by atoms with E-state index < -0.39 is 53.0 Å². The number of alkyl halides is 6. The second-order valence-electron chi connectivity index (χ2n) is 10.8. The zero-order chi connectivity index (χ0) is 32.4. The van der Waals surface area contributed by atoms with Crippen molar-refractivity contribution in [3.8, 4) is 11.8 Å². The molecule has 236 valence electrons. The Kier molecular flexibility index (Phi) is 8.64. The zero-order valence-corrected chi connectivity index (χ0v) is 23.7. The van der Waals surface area contributed by atoms with Gasteiger partial charge in [0.25, 0.3) is 11.8 Å². The van der Waals surface area contributed by atoms with E-state index in [-0.39, 0.29) is 38.2 Å². The average Bonchev–Trinajstić information content (AvgIpc) is 3.03. The van der Waals surface area contributed by atoms with E-state index in [4.69, 9.17) is 4.74 Å². The van der Waals surface area contributed by atoms with E-state index in [0.29, 0.717) is 30.4 Å². The van der Waals surface area contributed by atoms with Gasteiger partial charge in [-0.05, 0) is 55.3 Å². The molecule has 8 nitrogen and oxygen atoms in total. The molecule has 0 radical (unpaired) electrons. The van der Waals surface area contributed by atoms with Crippen molar-refractivity contribution in [1.82, 2.24) is 14.8 Å². The van der Waals surface area contributed by atoms with Crippen molar-refractivity contribution in [3.05, 3.63) is 89.2 Å². The van der Waals surface area contributed by atoms with Crippen molar-refractivity contribution in [2.45, 2.75) is 30.8 Å². The van der Waals surface area contributed by atoms with Crippen LogP contribution in [0, 0.1) is 11.3 Å². The first-order valence-electron chi connectivity index (χ1n) is 14.0. The van der Waals surface area contributed by atoms with E-state index in [9.17, 15) is 41.2 Å². The summed E-state index contributed by atoms with van der Waals surface area (Å²) in [5.74, 6) is -1.61. The molecule has 14 heteroatoms. The average molecular weight is 632 g/mol. The molecule has 0 bridgehead atoms. The molecule has 2 saturated heterocycles. The monoisotopic (exact) mass is 631 g/mol. The van der Waals surface area contributed by atoms with Gasteiger partial charge in [-0.2, -0.15) is 31.6 Å². The molecule has 3 aromatic rings. The second-order valence-corrected chi connectivity index (χ2v) is 10.8. The molecular weight excluding hydrogens is 604 g/mol. The number of rotatable bonds is 5. The minimum Gasteiger partial charge on any atom is -0.476 e. The van der Waals surface area contributed by atoms with Crippen molar-refractivity contribution in [2.24, 2.45) is 0 Å². The maximum atomic E-state index is 14.2. The Morgan fingerprint density at radius 1 is 0.867 bits per heavy atom. The minimum absolute atomic E-state index is 0.0230. The number of halogens is 6. The van der Waals surface area contributed by atoms with Crippen LogP contribution < -0.4 is 9.64 Å². The van der Waals surface area contributed by atoms with Gasteiger partial charge in [0.15, 0.2) is 0 Å². The fourth-order valence-corrected chi connectivity index (χ4v) is 5.70. The summed E-state index contributed by atoms with van der Waals surface area (Å²) in [6, 6.07) is 13.6. The van der Waals surface area contributed by atoms with Crippen molar-refractivity contribution in [3.63, 3.8) is 0 Å². The topological polar surface area (TPSA) is 89.8 Å². The Balaban J connectivity index is 1.43. The summed E-state index contributed by atoms with van der Waals surface area (Å²) in [7, 11) is 0. The third-order valence-electron chi connectivity index (χ3n) is 7.92. The molecule has 1 atom stereocenters. The summed E-state index contributed by atoms with van der Waals surface area (Å²) in [5, 5.41) is 9.49. The molecule has 2 aliphatic heterocycles. The minimum atomic E-state index is -4.84. The number of hydrogen-bond donors (Lipinski definition) is 0. The van der Waals surface area contributed by atoms with Crippen LogP contribution in [0.15, 0.2) is 67.0 Å². The Morgan fingerprint density at radius 3 is 2.20 bits per heavy atom. The summed E-state index contributed by atoms with van der Waals surface area (Å²) in [4.78, 5) is 35.9. The van der Waals surface area contributed by atoms with Gasteiger partial charge in [-0.3, -0.25) is 14.6 Å². The number of pyridine rings is 1. The van der Waals surface area contributed by atoms with Crippen LogP contribution in [-0.4, -0.2) is 71.5 Å². The van der Waals surface area contributed by atoms with Crippen LogP contribution >= 0.6 is 0 Å². The summed E-state index contributed by atoms with van der Waals surface area (Å²) < 4.78 is 86.9. The van der Waals surface area contributed by atoms with E-state index >= 15 is 0 Å². The maximum absolute atomic E-state index is 14.2. The van der Waals surface area contributed by atoms with Crippen LogP contribution in [-0.2, 0) is 17.1 Å². The lowest BCUT2D eigenvalue weighted by atomic mass is 9.89. The van der Waals surface area contributed by atoms with Gasteiger partial charge in [0.1, 0.15) is 11.8 Å². The van der Waals surface area contributed by atoms with Gasteiger partial charge < -0.3 is 19.4 Å². The number of nitriles is 1. The SMILES string of the molecule is N#Cc1ccccc1N1CCN(C(=O)C2(Oc3ccc(C(F)(F)F)cc3)CCCN(C(=O)c3cnccc3C(F)(F)F)C2)CC1. The van der Waals surface area contributed by atoms with E-state index in [1.165, 1.54) is 4.90 Å². The molecule has 2 fully saturated rings. The summed E-state index contributed by atoms with van der Waals surface area (Å²) in [6.07, 6.45) is -7.46. The molecule has 1 unspecified atom stereocenters. The number of para-hydroxylation sites is 1. The van der Waals surface area contributed by atoms with E-state index in [1.807, 2.05) is 4.90 Å². The van der Waals surface area contributed by atoms with E-state index in [0.717, 1.165) is 41.6 Å². The normalized spacial score (nSPS) is 19.2. The van der Waals surface area contributed by atoms with Gasteiger partial charge in [-0.1, -0.05) is 12.1 Å². The molecule has 3 heterocycles. The van der Waals surface area contributed by atoms with Crippen LogP contribution in [0.4, 0.5) is 32.0 Å². The zero-order valence-electron chi connectivity index (χ0n) is 23.7. The second kappa shape index (κ2) is 12.3. The maximum Gasteiger partial charge on any atom is 0.417 e. The predicted octanol–water partition coefficient (Wildman–Crippen LogP) is 5.39. The van der Waals surface area contributed by atoms with Gasteiger partial charge in [0.05, 0.1) is 34.5 Å². The molecule has 0 aliphatic carbocycles. The fraction of sp³-hybridized carbons (Fsp3) is 0.355. The third-order valence-corrected chi connectivity index (χ3v) is 7.92. The number of hydrogen-bond acceptors (Lipinski definition) is 6. The number of nitrogens with zero attached hydrogens (tertiary/aromatic N) is 5. The van der Waals surface area contributed by atoms with Crippen LogP contribution in [0.5, 0.6) is 5.75 Å². The number of anilines is 1. The molecule has 2 aliphatic rings. The van der Waals surface area contributed by atoms with Crippen LogP contribution in [0.2, 0.25) is 0 Å². The predicted molar refractivity (Wildman–Crippen MR) is 149 cm³/mol. The van der Waals surface area contributed by atoms with Gasteiger partial charge in [-0.15, -0.1) is 0 Å². The highest BCUT2D eigenvalue weighted by atomic mass is 19.4. The van der Waals surface area contributed by atoms with Crippen molar-refractivity contribution >= 4 is 17.5 Å². The first-order valence-corrected chi connectivity index (χ1v) is 14.0. The van der Waals surface area contributed by atoms with Gasteiger partial charge in [0.2, 0.25) is 5.60 Å². The molecule has 0 spiro atoms. The quantitative estimate of drug-likeness (QED) is 0.351. The number of benzene rings is 2. The number of amides is 2. The van der Waals surface area contributed by atoms with E-state index in [1.54, 1.807) is 24.3 Å². The van der Waals surface area contributed by atoms with Gasteiger partial charge >= 0.3 is 12.4 Å². The fourth-order valence-electron chi connectivity index (χ4n) is 5.70. The van der Waals surface area contributed by atoms with Crippen molar-refractivity contribution in [1.29, 1.82) is 5.26 Å². The molecule has 0 saturated carbocycles.